The van der Waals surface area contributed by atoms with Crippen LogP contribution >= 0.6 is 0 Å². The number of para-hydroxylation sites is 1. The van der Waals surface area contributed by atoms with Crippen molar-refractivity contribution in [3.8, 4) is 0 Å². The Kier molecular flexibility index (Phi) is 6.35. The molecule has 1 aromatic carbocycles. The van der Waals surface area contributed by atoms with Gasteiger partial charge in [-0.3, -0.25) is 19.3 Å². The lowest BCUT2D eigenvalue weighted by Gasteiger charge is -2.25. The molecule has 0 saturated carbocycles. The Labute approximate surface area is 142 Å². The van der Waals surface area contributed by atoms with Crippen LogP contribution in [0, 0.1) is 6.92 Å². The van der Waals surface area contributed by atoms with Gasteiger partial charge in [0.1, 0.15) is 0 Å². The van der Waals surface area contributed by atoms with Crippen LogP contribution in [0.2, 0.25) is 0 Å². The van der Waals surface area contributed by atoms with Gasteiger partial charge in [0, 0.05) is 51.1 Å². The van der Waals surface area contributed by atoms with E-state index in [-0.39, 0.29) is 43.5 Å². The molecule has 1 saturated heterocycles. The number of likely N-dealkylation sites (tertiary alicyclic amines) is 1. The van der Waals surface area contributed by atoms with E-state index in [0.29, 0.717) is 13.1 Å². The Hall–Kier alpha value is -2.37. The second kappa shape index (κ2) is 8.47. The number of nitrogens with zero attached hydrogens (tertiary/aromatic N) is 2. The van der Waals surface area contributed by atoms with Crippen LogP contribution in [0.4, 0.5) is 5.69 Å². The largest absolute Gasteiger partial charge is 0.370 e. The van der Waals surface area contributed by atoms with Gasteiger partial charge < -0.3 is 10.2 Å². The van der Waals surface area contributed by atoms with Crippen molar-refractivity contribution in [3.63, 3.8) is 0 Å². The minimum atomic E-state index is -0.176. The highest BCUT2D eigenvalue weighted by atomic mass is 16.2. The highest BCUT2D eigenvalue weighted by Gasteiger charge is 2.28. The van der Waals surface area contributed by atoms with E-state index in [1.54, 1.807) is 0 Å². The maximum Gasteiger partial charge on any atom is 0.229 e. The van der Waals surface area contributed by atoms with Crippen LogP contribution in [0.3, 0.4) is 0 Å². The average Bonchev–Trinajstić information content (AvgIpc) is 2.89. The number of benzene rings is 1. The Morgan fingerprint density at radius 3 is 2.50 bits per heavy atom. The quantitative estimate of drug-likeness (QED) is 0.733. The van der Waals surface area contributed by atoms with E-state index in [1.807, 2.05) is 12.1 Å². The fourth-order valence-electron chi connectivity index (χ4n) is 2.87. The molecule has 0 aromatic heterocycles. The highest BCUT2D eigenvalue weighted by molar-refractivity contribution is 6.02. The number of hydrogen-bond donors (Lipinski definition) is 1. The first-order chi connectivity index (χ1) is 11.5. The van der Waals surface area contributed by atoms with Crippen molar-refractivity contribution in [1.82, 2.24) is 10.2 Å². The zero-order chi connectivity index (χ0) is 17.5. The van der Waals surface area contributed by atoms with Gasteiger partial charge in [-0.1, -0.05) is 18.2 Å². The van der Waals surface area contributed by atoms with Crippen molar-refractivity contribution in [2.24, 2.45) is 0 Å². The summed E-state index contributed by atoms with van der Waals surface area (Å²) in [5, 5.41) is 2.86. The average molecular weight is 331 g/mol. The Bertz CT molecular complexity index is 599. The van der Waals surface area contributed by atoms with E-state index in [1.165, 1.54) is 16.2 Å². The molecule has 0 spiro atoms. The monoisotopic (exact) mass is 331 g/mol. The molecule has 1 aliphatic rings. The smallest absolute Gasteiger partial charge is 0.229 e. The molecule has 1 heterocycles. The van der Waals surface area contributed by atoms with E-state index >= 15 is 0 Å². The number of imide groups is 1. The van der Waals surface area contributed by atoms with Crippen molar-refractivity contribution in [3.05, 3.63) is 29.8 Å². The SMILES string of the molecule is CCN(CCNC(=O)CCN1C(=O)CCC1=O)c1ccccc1C. The first kappa shape index (κ1) is 18.0. The molecule has 1 aromatic rings. The predicted molar refractivity (Wildman–Crippen MR) is 92.6 cm³/mol. The predicted octanol–water partition coefficient (Wildman–Crippen LogP) is 1.48. The molecule has 0 radical (unpaired) electrons. The normalized spacial score (nSPS) is 14.2. The molecule has 6 heteroatoms. The Balaban J connectivity index is 1.74. The summed E-state index contributed by atoms with van der Waals surface area (Å²) in [5.41, 5.74) is 2.37. The van der Waals surface area contributed by atoms with Crippen molar-refractivity contribution in [2.75, 3.05) is 31.1 Å². The summed E-state index contributed by atoms with van der Waals surface area (Å²) in [6, 6.07) is 8.16. The Morgan fingerprint density at radius 1 is 1.21 bits per heavy atom. The summed E-state index contributed by atoms with van der Waals surface area (Å²) in [7, 11) is 0. The number of amides is 3. The maximum atomic E-state index is 11.9. The van der Waals surface area contributed by atoms with Crippen molar-refractivity contribution in [1.29, 1.82) is 0 Å². The second-order valence-corrected chi connectivity index (χ2v) is 5.91. The summed E-state index contributed by atoms with van der Waals surface area (Å²) < 4.78 is 0. The molecule has 1 N–H and O–H groups in total. The number of aryl methyl sites for hydroxylation is 1. The van der Waals surface area contributed by atoms with Crippen LogP contribution in [-0.2, 0) is 14.4 Å². The lowest BCUT2D eigenvalue weighted by Crippen LogP contribution is -2.37. The van der Waals surface area contributed by atoms with Crippen molar-refractivity contribution >= 4 is 23.4 Å². The van der Waals surface area contributed by atoms with Crippen molar-refractivity contribution < 1.29 is 14.4 Å². The van der Waals surface area contributed by atoms with E-state index in [4.69, 9.17) is 0 Å². The van der Waals surface area contributed by atoms with Crippen LogP contribution < -0.4 is 10.2 Å². The number of nitrogens with one attached hydrogen (secondary N) is 1. The molecule has 0 bridgehead atoms. The number of carbonyl (C=O) groups is 3. The third kappa shape index (κ3) is 4.57. The lowest BCUT2D eigenvalue weighted by atomic mass is 10.2. The summed E-state index contributed by atoms with van der Waals surface area (Å²) in [4.78, 5) is 38.3. The maximum absolute atomic E-state index is 11.9. The minimum Gasteiger partial charge on any atom is -0.370 e. The number of rotatable bonds is 8. The van der Waals surface area contributed by atoms with Gasteiger partial charge in [0.25, 0.3) is 0 Å². The van der Waals surface area contributed by atoms with Gasteiger partial charge in [0.2, 0.25) is 17.7 Å². The molecule has 0 aliphatic carbocycles. The van der Waals surface area contributed by atoms with E-state index in [0.717, 1.165) is 6.54 Å². The van der Waals surface area contributed by atoms with Gasteiger partial charge in [0.05, 0.1) is 0 Å². The zero-order valence-corrected chi connectivity index (χ0v) is 14.4. The molecule has 24 heavy (non-hydrogen) atoms. The van der Waals surface area contributed by atoms with Crippen LogP contribution in [0.15, 0.2) is 24.3 Å². The van der Waals surface area contributed by atoms with Gasteiger partial charge in [-0.05, 0) is 25.5 Å². The molecule has 0 atom stereocenters. The summed E-state index contributed by atoms with van der Waals surface area (Å²) >= 11 is 0. The first-order valence-corrected chi connectivity index (χ1v) is 8.43. The van der Waals surface area contributed by atoms with Crippen LogP contribution in [-0.4, -0.2) is 48.8 Å². The molecule has 0 unspecified atom stereocenters. The fourth-order valence-corrected chi connectivity index (χ4v) is 2.87. The summed E-state index contributed by atoms with van der Waals surface area (Å²) in [5.74, 6) is -0.489. The number of likely N-dealkylation sites (N-methyl/N-ethyl adjacent to an activating group) is 1. The molecular formula is C18H25N3O3. The number of carbonyl (C=O) groups excluding carboxylic acids is 3. The van der Waals surface area contributed by atoms with E-state index < -0.39 is 0 Å². The van der Waals surface area contributed by atoms with Gasteiger partial charge in [-0.25, -0.2) is 0 Å². The van der Waals surface area contributed by atoms with Crippen LogP contribution in [0.1, 0.15) is 31.7 Å². The number of hydrogen-bond acceptors (Lipinski definition) is 4. The van der Waals surface area contributed by atoms with Gasteiger partial charge in [-0.2, -0.15) is 0 Å². The molecule has 1 aliphatic heterocycles. The lowest BCUT2D eigenvalue weighted by molar-refractivity contribution is -0.138. The third-order valence-electron chi connectivity index (χ3n) is 4.26. The van der Waals surface area contributed by atoms with Gasteiger partial charge >= 0.3 is 0 Å². The second-order valence-electron chi connectivity index (χ2n) is 5.91. The fraction of sp³-hybridized carbons (Fsp3) is 0.500. The molecular weight excluding hydrogens is 306 g/mol. The minimum absolute atomic E-state index is 0.136. The highest BCUT2D eigenvalue weighted by Crippen LogP contribution is 2.18. The van der Waals surface area contributed by atoms with Gasteiger partial charge in [-0.15, -0.1) is 0 Å². The molecule has 6 nitrogen and oxygen atoms in total. The standard InChI is InChI=1S/C18H25N3O3/c1-3-20(15-7-5-4-6-14(15)2)13-11-19-16(22)10-12-21-17(23)8-9-18(21)24/h4-7H,3,8-13H2,1-2H3,(H,19,22). The molecule has 130 valence electrons. The number of anilines is 1. The molecule has 1 fully saturated rings. The van der Waals surface area contributed by atoms with Crippen molar-refractivity contribution in [2.45, 2.75) is 33.1 Å². The topological polar surface area (TPSA) is 69.7 Å². The first-order valence-electron chi connectivity index (χ1n) is 8.43. The van der Waals surface area contributed by atoms with Gasteiger partial charge in [0.15, 0.2) is 0 Å². The molecule has 2 rings (SSSR count). The van der Waals surface area contributed by atoms with E-state index in [9.17, 15) is 14.4 Å². The van der Waals surface area contributed by atoms with Crippen LogP contribution in [0.25, 0.3) is 0 Å². The zero-order valence-electron chi connectivity index (χ0n) is 14.4. The molecule has 3 amide bonds. The third-order valence-corrected chi connectivity index (χ3v) is 4.26. The van der Waals surface area contributed by atoms with E-state index in [2.05, 4.69) is 36.2 Å². The summed E-state index contributed by atoms with van der Waals surface area (Å²) in [6.45, 7) is 6.44. The Morgan fingerprint density at radius 2 is 1.88 bits per heavy atom. The summed E-state index contributed by atoms with van der Waals surface area (Å²) in [6.07, 6.45) is 0.693. The van der Waals surface area contributed by atoms with Crippen LogP contribution in [0.5, 0.6) is 0 Å².